The van der Waals surface area contributed by atoms with E-state index in [4.69, 9.17) is 17.2 Å². The molecule has 2 aromatic rings. The molecule has 206 valence electrons. The van der Waals surface area contributed by atoms with Crippen molar-refractivity contribution in [2.45, 2.75) is 55.5 Å². The molecule has 1 heterocycles. The summed E-state index contributed by atoms with van der Waals surface area (Å²) in [6, 6.07) is 9.97. The maximum Gasteiger partial charge on any atom is 0.242 e. The Balaban J connectivity index is 1.70. The summed E-state index contributed by atoms with van der Waals surface area (Å²) in [6.45, 7) is 1.13. The summed E-state index contributed by atoms with van der Waals surface area (Å²) in [6.07, 6.45) is 2.04. The Kier molecular flexibility index (Phi) is 10.0. The molecule has 1 fully saturated rings. The van der Waals surface area contributed by atoms with Gasteiger partial charge in [0.15, 0.2) is 5.96 Å². The summed E-state index contributed by atoms with van der Waals surface area (Å²) >= 11 is 0. The number of nitrogens with two attached hydrogens (primary N) is 3. The van der Waals surface area contributed by atoms with Crippen LogP contribution in [0.2, 0.25) is 0 Å². The number of fused-ring (bicyclic) bond motifs is 1. The highest BCUT2D eigenvalue weighted by Gasteiger charge is 2.38. The molecule has 1 saturated heterocycles. The molecule has 0 spiro atoms. The van der Waals surface area contributed by atoms with Crippen LogP contribution in [-0.4, -0.2) is 68.7 Å². The monoisotopic (exact) mass is 545 g/mol. The number of likely N-dealkylation sites (tertiary alicyclic amines) is 1. The predicted octanol–water partition coefficient (Wildman–Crippen LogP) is -0.0870. The summed E-state index contributed by atoms with van der Waals surface area (Å²) in [4.78, 5) is 43.1. The Morgan fingerprint density at radius 3 is 2.50 bits per heavy atom. The Hall–Kier alpha value is -3.71. The maximum absolute atomic E-state index is 13.5. The number of amides is 3. The van der Waals surface area contributed by atoms with Crippen LogP contribution in [-0.2, 0) is 24.4 Å². The van der Waals surface area contributed by atoms with Crippen LogP contribution in [0.25, 0.3) is 10.8 Å². The van der Waals surface area contributed by atoms with E-state index in [2.05, 4.69) is 15.0 Å². The van der Waals surface area contributed by atoms with Crippen molar-refractivity contribution in [2.24, 2.45) is 22.2 Å². The van der Waals surface area contributed by atoms with E-state index in [-0.39, 0.29) is 29.6 Å². The molecule has 0 aromatic heterocycles. The number of hydrogen-bond donors (Lipinski definition) is 5. The van der Waals surface area contributed by atoms with E-state index in [0.717, 1.165) is 10.8 Å². The fourth-order valence-corrected chi connectivity index (χ4v) is 5.65. The average Bonchev–Trinajstić information content (AvgIpc) is 3.37. The van der Waals surface area contributed by atoms with Gasteiger partial charge >= 0.3 is 0 Å². The largest absolute Gasteiger partial charge is 0.370 e. The van der Waals surface area contributed by atoms with Crippen LogP contribution in [0.1, 0.15) is 38.5 Å². The fourth-order valence-electron chi connectivity index (χ4n) is 4.39. The van der Waals surface area contributed by atoms with Gasteiger partial charge < -0.3 is 27.4 Å². The SMILES string of the molecule is NC(=O)CC[C@H](NS(=O)(=O)c1ccc2ccccc2c1)C(=O)N1CCC[C@H]1C(=O)NCCCCN=C(N)N. The fraction of sp³-hybridized carbons (Fsp3) is 0.440. The van der Waals surface area contributed by atoms with Gasteiger partial charge in [-0.2, -0.15) is 4.72 Å². The van der Waals surface area contributed by atoms with E-state index in [1.54, 1.807) is 18.2 Å². The lowest BCUT2D eigenvalue weighted by Crippen LogP contribution is -2.53. The van der Waals surface area contributed by atoms with Gasteiger partial charge in [0.05, 0.1) is 4.90 Å². The van der Waals surface area contributed by atoms with Crippen LogP contribution in [0, 0.1) is 0 Å². The number of rotatable bonds is 13. The average molecular weight is 546 g/mol. The topological polar surface area (TPSA) is 203 Å². The van der Waals surface area contributed by atoms with Crippen molar-refractivity contribution in [1.82, 2.24) is 14.9 Å². The molecule has 1 aliphatic heterocycles. The molecule has 2 atom stereocenters. The zero-order valence-electron chi connectivity index (χ0n) is 21.1. The number of hydrogen-bond acceptors (Lipinski definition) is 6. The maximum atomic E-state index is 13.5. The zero-order chi connectivity index (χ0) is 27.7. The molecule has 0 unspecified atom stereocenters. The van der Waals surface area contributed by atoms with E-state index in [0.29, 0.717) is 45.3 Å². The van der Waals surface area contributed by atoms with Gasteiger partial charge in [0.25, 0.3) is 0 Å². The van der Waals surface area contributed by atoms with Gasteiger partial charge in [0.1, 0.15) is 12.1 Å². The minimum Gasteiger partial charge on any atom is -0.370 e. The molecule has 3 rings (SSSR count). The lowest BCUT2D eigenvalue weighted by atomic mass is 10.1. The standard InChI is InChI=1S/C25H35N7O5S/c26-22(33)12-11-20(31-38(36,37)19-10-9-17-6-1-2-7-18(17)16-19)24(35)32-15-5-8-21(32)23(34)29-13-3-4-14-30-25(27)28/h1-2,6-7,9-10,16,20-21,31H,3-5,8,11-15H2,(H2,26,33)(H,29,34)(H4,27,28,30)/t20-,21-/m0/s1. The first-order chi connectivity index (χ1) is 18.1. The molecule has 0 radical (unpaired) electrons. The molecule has 0 saturated carbocycles. The summed E-state index contributed by atoms with van der Waals surface area (Å²) in [7, 11) is -4.12. The van der Waals surface area contributed by atoms with Crippen molar-refractivity contribution in [3.63, 3.8) is 0 Å². The molecule has 38 heavy (non-hydrogen) atoms. The number of carbonyl (C=O) groups is 3. The van der Waals surface area contributed by atoms with Crippen LogP contribution < -0.4 is 27.2 Å². The summed E-state index contributed by atoms with van der Waals surface area (Å²) in [5.41, 5.74) is 15.9. The van der Waals surface area contributed by atoms with Crippen LogP contribution >= 0.6 is 0 Å². The quantitative estimate of drug-likeness (QED) is 0.131. The summed E-state index contributed by atoms with van der Waals surface area (Å²) < 4.78 is 28.9. The van der Waals surface area contributed by atoms with E-state index in [1.165, 1.54) is 17.0 Å². The highest BCUT2D eigenvalue weighted by Crippen LogP contribution is 2.22. The number of nitrogens with zero attached hydrogens (tertiary/aromatic N) is 2. The Bertz CT molecular complexity index is 1290. The Morgan fingerprint density at radius 1 is 1.05 bits per heavy atom. The van der Waals surface area contributed by atoms with Gasteiger partial charge in [0, 0.05) is 26.1 Å². The van der Waals surface area contributed by atoms with Crippen molar-refractivity contribution in [2.75, 3.05) is 19.6 Å². The van der Waals surface area contributed by atoms with Crippen LogP contribution in [0.3, 0.4) is 0 Å². The van der Waals surface area contributed by atoms with Crippen LogP contribution in [0.4, 0.5) is 0 Å². The number of sulfonamides is 1. The Morgan fingerprint density at radius 2 is 1.79 bits per heavy atom. The third-order valence-electron chi connectivity index (χ3n) is 6.32. The van der Waals surface area contributed by atoms with E-state index in [1.807, 2.05) is 12.1 Å². The lowest BCUT2D eigenvalue weighted by Gasteiger charge is -2.28. The zero-order valence-corrected chi connectivity index (χ0v) is 22.0. The smallest absolute Gasteiger partial charge is 0.242 e. The highest BCUT2D eigenvalue weighted by molar-refractivity contribution is 7.89. The van der Waals surface area contributed by atoms with Crippen LogP contribution in [0.5, 0.6) is 0 Å². The van der Waals surface area contributed by atoms with Gasteiger partial charge in [-0.25, -0.2) is 8.42 Å². The number of primary amides is 1. The summed E-state index contributed by atoms with van der Waals surface area (Å²) in [5, 5.41) is 4.42. The first-order valence-electron chi connectivity index (χ1n) is 12.5. The number of unbranched alkanes of at least 4 members (excludes halogenated alkanes) is 1. The molecule has 8 N–H and O–H groups in total. The van der Waals surface area contributed by atoms with Crippen molar-refractivity contribution in [3.05, 3.63) is 42.5 Å². The Labute approximate surface area is 222 Å². The highest BCUT2D eigenvalue weighted by atomic mass is 32.2. The van der Waals surface area contributed by atoms with Crippen molar-refractivity contribution in [3.8, 4) is 0 Å². The van der Waals surface area contributed by atoms with Gasteiger partial charge in [-0.1, -0.05) is 30.3 Å². The minimum absolute atomic E-state index is 0.00971. The van der Waals surface area contributed by atoms with Crippen molar-refractivity contribution < 1.29 is 22.8 Å². The lowest BCUT2D eigenvalue weighted by molar-refractivity contribution is -0.139. The normalized spacial score (nSPS) is 16.2. The van der Waals surface area contributed by atoms with E-state index in [9.17, 15) is 22.8 Å². The van der Waals surface area contributed by atoms with Gasteiger partial charge in [-0.05, 0) is 55.0 Å². The van der Waals surface area contributed by atoms with Gasteiger partial charge in [0.2, 0.25) is 27.7 Å². The number of carbonyl (C=O) groups excluding carboxylic acids is 3. The second-order valence-electron chi connectivity index (χ2n) is 9.18. The third kappa shape index (κ3) is 7.89. The number of nitrogens with one attached hydrogen (secondary N) is 2. The molecule has 12 nitrogen and oxygen atoms in total. The molecular formula is C25H35N7O5S. The molecule has 0 bridgehead atoms. The molecule has 1 aliphatic rings. The predicted molar refractivity (Wildman–Crippen MR) is 144 cm³/mol. The van der Waals surface area contributed by atoms with Crippen molar-refractivity contribution >= 4 is 44.5 Å². The minimum atomic E-state index is -4.12. The molecule has 3 amide bonds. The number of guanidine groups is 1. The second kappa shape index (κ2) is 13.2. The van der Waals surface area contributed by atoms with E-state index >= 15 is 0 Å². The molecular weight excluding hydrogens is 510 g/mol. The van der Waals surface area contributed by atoms with Gasteiger partial charge in [-0.3, -0.25) is 19.4 Å². The van der Waals surface area contributed by atoms with Crippen LogP contribution in [0.15, 0.2) is 52.4 Å². The number of aliphatic imine (C=N–C) groups is 1. The number of benzene rings is 2. The first-order valence-corrected chi connectivity index (χ1v) is 14.0. The first kappa shape index (κ1) is 28.9. The van der Waals surface area contributed by atoms with E-state index < -0.39 is 33.9 Å². The molecule has 0 aliphatic carbocycles. The van der Waals surface area contributed by atoms with Gasteiger partial charge in [-0.15, -0.1) is 0 Å². The second-order valence-corrected chi connectivity index (χ2v) is 10.9. The van der Waals surface area contributed by atoms with Crippen molar-refractivity contribution in [1.29, 1.82) is 0 Å². The third-order valence-corrected chi connectivity index (χ3v) is 7.79. The summed E-state index contributed by atoms with van der Waals surface area (Å²) in [5.74, 6) is -1.54. The molecule has 13 heteroatoms. The molecule has 2 aromatic carbocycles.